The predicted octanol–water partition coefficient (Wildman–Crippen LogP) is 2.08. The number of carbonyl (C=O) groups is 3. The number of rotatable bonds is 8. The first-order chi connectivity index (χ1) is 14.0. The molecule has 29 heavy (non-hydrogen) atoms. The van der Waals surface area contributed by atoms with Crippen LogP contribution in [0.2, 0.25) is 0 Å². The van der Waals surface area contributed by atoms with Crippen LogP contribution >= 0.6 is 0 Å². The summed E-state index contributed by atoms with van der Waals surface area (Å²) >= 11 is 0. The summed E-state index contributed by atoms with van der Waals surface area (Å²) in [4.78, 5) is 35.8. The Morgan fingerprint density at radius 2 is 1.76 bits per heavy atom. The van der Waals surface area contributed by atoms with Crippen LogP contribution in [0.4, 0.5) is 11.4 Å². The Balaban J connectivity index is 1.74. The third kappa shape index (κ3) is 5.06. The Bertz CT molecular complexity index is 1020. The average Bonchev–Trinajstić information content (AvgIpc) is 3.34. The lowest BCUT2D eigenvalue weighted by Crippen LogP contribution is -2.18. The van der Waals surface area contributed by atoms with Crippen LogP contribution in [0.1, 0.15) is 34.3 Å². The predicted molar refractivity (Wildman–Crippen MR) is 105 cm³/mol. The summed E-state index contributed by atoms with van der Waals surface area (Å²) in [5.41, 5.74) is 1.05. The monoisotopic (exact) mass is 396 g/mol. The molecular formula is C19H20N6O4. The lowest BCUT2D eigenvalue weighted by molar-refractivity contribution is -0.137. The van der Waals surface area contributed by atoms with Gasteiger partial charge in [0.15, 0.2) is 11.4 Å². The Kier molecular flexibility index (Phi) is 6.03. The van der Waals surface area contributed by atoms with Crippen molar-refractivity contribution in [2.24, 2.45) is 0 Å². The van der Waals surface area contributed by atoms with Crippen molar-refractivity contribution in [3.8, 4) is 0 Å². The van der Waals surface area contributed by atoms with Crippen LogP contribution in [0, 0.1) is 0 Å². The van der Waals surface area contributed by atoms with Gasteiger partial charge in [0, 0.05) is 24.6 Å². The molecule has 0 unspecified atom stereocenters. The lowest BCUT2D eigenvalue weighted by Gasteiger charge is -2.05. The van der Waals surface area contributed by atoms with Crippen LogP contribution in [-0.4, -0.2) is 42.5 Å². The molecule has 2 heterocycles. The minimum absolute atomic E-state index is 0.0781. The van der Waals surface area contributed by atoms with Crippen LogP contribution in [-0.2, 0) is 17.9 Å². The number of anilines is 2. The summed E-state index contributed by atoms with van der Waals surface area (Å²) < 4.78 is 2.92. The minimum atomic E-state index is -0.951. The summed E-state index contributed by atoms with van der Waals surface area (Å²) in [7, 11) is 0. The van der Waals surface area contributed by atoms with Crippen molar-refractivity contribution in [3.63, 3.8) is 0 Å². The van der Waals surface area contributed by atoms with Gasteiger partial charge in [-0.3, -0.25) is 23.7 Å². The molecule has 0 bridgehead atoms. The largest absolute Gasteiger partial charge is 0.481 e. The number of carbonyl (C=O) groups excluding carboxylic acids is 2. The molecule has 0 saturated heterocycles. The molecule has 3 N–H and O–H groups in total. The molecule has 1 aromatic carbocycles. The molecule has 0 aliphatic rings. The Hall–Kier alpha value is -3.95. The lowest BCUT2D eigenvalue weighted by atomic mass is 10.3. The highest BCUT2D eigenvalue weighted by atomic mass is 16.4. The summed E-state index contributed by atoms with van der Waals surface area (Å²) in [6, 6.07) is 10.4. The Labute approximate surface area is 166 Å². The van der Waals surface area contributed by atoms with Crippen LogP contribution < -0.4 is 10.6 Å². The zero-order valence-corrected chi connectivity index (χ0v) is 15.7. The average molecular weight is 396 g/mol. The van der Waals surface area contributed by atoms with Gasteiger partial charge >= 0.3 is 5.97 Å². The zero-order valence-electron chi connectivity index (χ0n) is 15.7. The Morgan fingerprint density at radius 3 is 2.45 bits per heavy atom. The molecule has 10 heteroatoms. The van der Waals surface area contributed by atoms with Crippen molar-refractivity contribution >= 4 is 29.2 Å². The molecule has 0 radical (unpaired) electrons. The molecule has 0 saturated carbocycles. The standard InChI is InChI=1S/C19H20N6O4/c1-2-24-12-15(17(23-24)19(29)20-13-6-4-3-5-7-13)21-18(28)14-8-10-25(22-14)11-9-16(26)27/h3-8,10,12H,2,9,11H2,1H3,(H,20,29)(H,21,28)(H,26,27). The van der Waals surface area contributed by atoms with Crippen molar-refractivity contribution in [2.45, 2.75) is 26.4 Å². The molecule has 0 fully saturated rings. The van der Waals surface area contributed by atoms with Crippen molar-refractivity contribution in [1.82, 2.24) is 19.6 Å². The Morgan fingerprint density at radius 1 is 1.00 bits per heavy atom. The molecule has 2 amide bonds. The summed E-state index contributed by atoms with van der Waals surface area (Å²) in [6.45, 7) is 2.54. The molecule has 0 aliphatic heterocycles. The van der Waals surface area contributed by atoms with E-state index in [-0.39, 0.29) is 30.0 Å². The van der Waals surface area contributed by atoms with Crippen molar-refractivity contribution < 1.29 is 19.5 Å². The number of amides is 2. The number of hydrogen-bond donors (Lipinski definition) is 3. The van der Waals surface area contributed by atoms with E-state index in [1.165, 1.54) is 16.9 Å². The van der Waals surface area contributed by atoms with E-state index in [2.05, 4.69) is 20.8 Å². The van der Waals surface area contributed by atoms with E-state index in [1.54, 1.807) is 35.1 Å². The van der Waals surface area contributed by atoms with Gasteiger partial charge in [-0.05, 0) is 25.1 Å². The highest BCUT2D eigenvalue weighted by Gasteiger charge is 2.20. The number of hydrogen-bond acceptors (Lipinski definition) is 5. The first-order valence-electron chi connectivity index (χ1n) is 8.96. The fourth-order valence-corrected chi connectivity index (χ4v) is 2.56. The van der Waals surface area contributed by atoms with Gasteiger partial charge in [0.25, 0.3) is 11.8 Å². The van der Waals surface area contributed by atoms with E-state index >= 15 is 0 Å². The summed E-state index contributed by atoms with van der Waals surface area (Å²) in [6.07, 6.45) is 2.99. The number of carboxylic acids is 1. The van der Waals surface area contributed by atoms with E-state index < -0.39 is 17.8 Å². The molecule has 2 aromatic heterocycles. The number of aliphatic carboxylic acids is 1. The van der Waals surface area contributed by atoms with E-state index in [1.807, 2.05) is 13.0 Å². The topological polar surface area (TPSA) is 131 Å². The summed E-state index contributed by atoms with van der Waals surface area (Å²) in [5, 5.41) is 22.4. The number of para-hydroxylation sites is 1. The molecule has 10 nitrogen and oxygen atoms in total. The number of carboxylic acid groups (broad SMARTS) is 1. The van der Waals surface area contributed by atoms with E-state index in [0.717, 1.165) is 0 Å². The van der Waals surface area contributed by atoms with Gasteiger partial charge in [0.2, 0.25) is 0 Å². The second kappa shape index (κ2) is 8.83. The quantitative estimate of drug-likeness (QED) is 0.534. The van der Waals surface area contributed by atoms with Gasteiger partial charge in [0.05, 0.1) is 18.7 Å². The first-order valence-corrected chi connectivity index (χ1v) is 8.96. The van der Waals surface area contributed by atoms with Crippen molar-refractivity contribution in [2.75, 3.05) is 10.6 Å². The van der Waals surface area contributed by atoms with Crippen LogP contribution in [0.5, 0.6) is 0 Å². The summed E-state index contributed by atoms with van der Waals surface area (Å²) in [5.74, 6) is -1.93. The van der Waals surface area contributed by atoms with Crippen molar-refractivity contribution in [1.29, 1.82) is 0 Å². The fraction of sp³-hybridized carbons (Fsp3) is 0.211. The van der Waals surface area contributed by atoms with E-state index in [4.69, 9.17) is 5.11 Å². The highest BCUT2D eigenvalue weighted by Crippen LogP contribution is 2.17. The second-order valence-corrected chi connectivity index (χ2v) is 6.13. The molecule has 3 aromatic rings. The second-order valence-electron chi connectivity index (χ2n) is 6.13. The van der Waals surface area contributed by atoms with Gasteiger partial charge in [0.1, 0.15) is 0 Å². The number of nitrogens with one attached hydrogen (secondary N) is 2. The van der Waals surface area contributed by atoms with Gasteiger partial charge in [-0.25, -0.2) is 0 Å². The molecule has 0 aliphatic carbocycles. The fourth-order valence-electron chi connectivity index (χ4n) is 2.56. The van der Waals surface area contributed by atoms with Gasteiger partial charge in [-0.2, -0.15) is 10.2 Å². The van der Waals surface area contributed by atoms with Crippen molar-refractivity contribution in [3.05, 3.63) is 60.2 Å². The third-order valence-electron chi connectivity index (χ3n) is 4.01. The molecule has 0 atom stereocenters. The molecule has 0 spiro atoms. The maximum Gasteiger partial charge on any atom is 0.305 e. The van der Waals surface area contributed by atoms with Crippen LogP contribution in [0.25, 0.3) is 0 Å². The van der Waals surface area contributed by atoms with Crippen LogP contribution in [0.15, 0.2) is 48.8 Å². The van der Waals surface area contributed by atoms with Gasteiger partial charge in [-0.15, -0.1) is 0 Å². The molecule has 3 rings (SSSR count). The maximum atomic E-state index is 12.6. The normalized spacial score (nSPS) is 10.5. The smallest absolute Gasteiger partial charge is 0.305 e. The molecular weight excluding hydrogens is 376 g/mol. The first kappa shape index (κ1) is 19.8. The van der Waals surface area contributed by atoms with Gasteiger partial charge in [-0.1, -0.05) is 18.2 Å². The number of aryl methyl sites for hydroxylation is 2. The van der Waals surface area contributed by atoms with Crippen LogP contribution in [0.3, 0.4) is 0 Å². The third-order valence-corrected chi connectivity index (χ3v) is 4.01. The van der Waals surface area contributed by atoms with Gasteiger partial charge < -0.3 is 15.7 Å². The SMILES string of the molecule is CCn1cc(NC(=O)c2ccn(CCC(=O)O)n2)c(C(=O)Nc2ccccc2)n1. The number of benzene rings is 1. The van der Waals surface area contributed by atoms with E-state index in [0.29, 0.717) is 12.2 Å². The van der Waals surface area contributed by atoms with E-state index in [9.17, 15) is 14.4 Å². The molecule has 150 valence electrons. The number of aromatic nitrogens is 4. The zero-order chi connectivity index (χ0) is 20.8. The number of nitrogens with zero attached hydrogens (tertiary/aromatic N) is 4. The minimum Gasteiger partial charge on any atom is -0.481 e. The highest BCUT2D eigenvalue weighted by molar-refractivity contribution is 6.10. The maximum absolute atomic E-state index is 12.6.